The standard InChI is InChI=1S/C12H24O2/c1-11(2,14-4)7-8-12(3,9-13)10-5-6-10/h10,13H,5-9H2,1-4H3. The highest BCUT2D eigenvalue weighted by atomic mass is 16.5. The number of hydrogen-bond acceptors (Lipinski definition) is 2. The van der Waals surface area contributed by atoms with Gasteiger partial charge in [0.05, 0.1) is 5.60 Å². The van der Waals surface area contributed by atoms with Crippen LogP contribution < -0.4 is 0 Å². The molecule has 0 aliphatic heterocycles. The van der Waals surface area contributed by atoms with E-state index < -0.39 is 0 Å². The Morgan fingerprint density at radius 3 is 2.14 bits per heavy atom. The maximum atomic E-state index is 9.42. The first kappa shape index (κ1) is 12.0. The molecule has 1 fully saturated rings. The molecule has 2 heteroatoms. The third-order valence-corrected chi connectivity index (χ3v) is 3.77. The molecule has 0 heterocycles. The third-order valence-electron chi connectivity index (χ3n) is 3.77. The van der Waals surface area contributed by atoms with Crippen LogP contribution >= 0.6 is 0 Å². The smallest absolute Gasteiger partial charge is 0.0623 e. The van der Waals surface area contributed by atoms with Crippen LogP contribution in [0.15, 0.2) is 0 Å². The van der Waals surface area contributed by atoms with Crippen LogP contribution in [-0.4, -0.2) is 24.4 Å². The maximum Gasteiger partial charge on any atom is 0.0623 e. The minimum absolute atomic E-state index is 0.0503. The predicted molar refractivity (Wildman–Crippen MR) is 58.2 cm³/mol. The van der Waals surface area contributed by atoms with Crippen LogP contribution in [0.25, 0.3) is 0 Å². The molecule has 1 atom stereocenters. The van der Waals surface area contributed by atoms with Crippen LogP contribution in [0.4, 0.5) is 0 Å². The molecular formula is C12H24O2. The van der Waals surface area contributed by atoms with Gasteiger partial charge in [-0.25, -0.2) is 0 Å². The number of ether oxygens (including phenoxy) is 1. The normalized spacial score (nSPS) is 22.1. The largest absolute Gasteiger partial charge is 0.396 e. The van der Waals surface area contributed by atoms with Gasteiger partial charge in [0.25, 0.3) is 0 Å². The van der Waals surface area contributed by atoms with Crippen molar-refractivity contribution >= 4 is 0 Å². The third kappa shape index (κ3) is 2.96. The lowest BCUT2D eigenvalue weighted by molar-refractivity contribution is -0.00448. The molecule has 1 N–H and O–H groups in total. The minimum atomic E-state index is -0.0503. The van der Waals surface area contributed by atoms with Gasteiger partial charge in [-0.15, -0.1) is 0 Å². The maximum absolute atomic E-state index is 9.42. The SMILES string of the molecule is COC(C)(C)CCC(C)(CO)C1CC1. The first-order valence-electron chi connectivity index (χ1n) is 5.59. The van der Waals surface area contributed by atoms with Crippen LogP contribution in [0.5, 0.6) is 0 Å². The molecule has 0 radical (unpaired) electrons. The van der Waals surface area contributed by atoms with E-state index in [0.29, 0.717) is 6.61 Å². The first-order valence-corrected chi connectivity index (χ1v) is 5.59. The van der Waals surface area contributed by atoms with Gasteiger partial charge >= 0.3 is 0 Å². The van der Waals surface area contributed by atoms with E-state index in [4.69, 9.17) is 4.74 Å². The first-order chi connectivity index (χ1) is 6.43. The van der Waals surface area contributed by atoms with Gasteiger partial charge in [0, 0.05) is 13.7 Å². The van der Waals surface area contributed by atoms with E-state index in [0.717, 1.165) is 18.8 Å². The van der Waals surface area contributed by atoms with E-state index >= 15 is 0 Å². The lowest BCUT2D eigenvalue weighted by atomic mass is 9.79. The molecule has 0 aromatic carbocycles. The summed E-state index contributed by atoms with van der Waals surface area (Å²) in [7, 11) is 1.76. The van der Waals surface area contributed by atoms with Crippen molar-refractivity contribution in [3.63, 3.8) is 0 Å². The lowest BCUT2D eigenvalue weighted by Crippen LogP contribution is -2.30. The van der Waals surface area contributed by atoms with Gasteiger partial charge in [-0.1, -0.05) is 6.92 Å². The molecule has 1 aliphatic rings. The summed E-state index contributed by atoms with van der Waals surface area (Å²) >= 11 is 0. The zero-order valence-corrected chi connectivity index (χ0v) is 9.97. The summed E-state index contributed by atoms with van der Waals surface area (Å²) in [5, 5.41) is 9.42. The zero-order chi connectivity index (χ0) is 10.8. The number of methoxy groups -OCH3 is 1. The summed E-state index contributed by atoms with van der Waals surface area (Å²) in [6.07, 6.45) is 4.68. The van der Waals surface area contributed by atoms with Gasteiger partial charge in [0.1, 0.15) is 0 Å². The summed E-state index contributed by atoms with van der Waals surface area (Å²) in [5.74, 6) is 0.750. The van der Waals surface area contributed by atoms with Crippen LogP contribution in [0.1, 0.15) is 46.5 Å². The Morgan fingerprint density at radius 1 is 1.21 bits per heavy atom. The van der Waals surface area contributed by atoms with E-state index in [1.807, 2.05) is 0 Å². The Kier molecular flexibility index (Phi) is 3.59. The topological polar surface area (TPSA) is 29.5 Å². The van der Waals surface area contributed by atoms with Crippen molar-refractivity contribution in [1.82, 2.24) is 0 Å². The van der Waals surface area contributed by atoms with Crippen LogP contribution in [-0.2, 0) is 4.74 Å². The number of aliphatic hydroxyl groups is 1. The van der Waals surface area contributed by atoms with E-state index in [-0.39, 0.29) is 11.0 Å². The average Bonchev–Trinajstić information content (AvgIpc) is 2.98. The van der Waals surface area contributed by atoms with E-state index in [2.05, 4.69) is 20.8 Å². The fourth-order valence-corrected chi connectivity index (χ4v) is 1.88. The van der Waals surface area contributed by atoms with Crippen LogP contribution in [0, 0.1) is 11.3 Å². The van der Waals surface area contributed by atoms with Crippen molar-refractivity contribution in [1.29, 1.82) is 0 Å². The molecule has 2 nitrogen and oxygen atoms in total. The highest BCUT2D eigenvalue weighted by Crippen LogP contribution is 2.48. The van der Waals surface area contributed by atoms with Gasteiger partial charge in [0.15, 0.2) is 0 Å². The Hall–Kier alpha value is -0.0800. The van der Waals surface area contributed by atoms with Crippen molar-refractivity contribution in [2.75, 3.05) is 13.7 Å². The second-order valence-electron chi connectivity index (χ2n) is 5.55. The average molecular weight is 200 g/mol. The number of rotatable bonds is 6. The second-order valence-corrected chi connectivity index (χ2v) is 5.55. The second kappa shape index (κ2) is 4.19. The Morgan fingerprint density at radius 2 is 1.79 bits per heavy atom. The predicted octanol–water partition coefficient (Wildman–Crippen LogP) is 2.60. The quantitative estimate of drug-likeness (QED) is 0.714. The molecule has 1 aliphatic carbocycles. The molecular weight excluding hydrogens is 176 g/mol. The number of hydrogen-bond donors (Lipinski definition) is 1. The molecule has 0 amide bonds. The highest BCUT2D eigenvalue weighted by Gasteiger charge is 2.41. The molecule has 0 aromatic rings. The van der Waals surface area contributed by atoms with Crippen LogP contribution in [0.3, 0.4) is 0 Å². The molecule has 14 heavy (non-hydrogen) atoms. The molecule has 0 aromatic heterocycles. The van der Waals surface area contributed by atoms with Crippen molar-refractivity contribution in [2.24, 2.45) is 11.3 Å². The van der Waals surface area contributed by atoms with Gasteiger partial charge in [0.2, 0.25) is 0 Å². The highest BCUT2D eigenvalue weighted by molar-refractivity contribution is 4.91. The Bertz CT molecular complexity index is 185. The monoisotopic (exact) mass is 200 g/mol. The molecule has 1 unspecified atom stereocenters. The van der Waals surface area contributed by atoms with Gasteiger partial charge < -0.3 is 9.84 Å². The zero-order valence-electron chi connectivity index (χ0n) is 9.97. The fraction of sp³-hybridized carbons (Fsp3) is 1.00. The van der Waals surface area contributed by atoms with Crippen molar-refractivity contribution in [2.45, 2.75) is 52.1 Å². The molecule has 1 saturated carbocycles. The van der Waals surface area contributed by atoms with E-state index in [9.17, 15) is 5.11 Å². The summed E-state index contributed by atoms with van der Waals surface area (Å²) in [5.41, 5.74) is 0.0844. The van der Waals surface area contributed by atoms with Crippen molar-refractivity contribution < 1.29 is 9.84 Å². The molecule has 0 spiro atoms. The Labute approximate surface area is 87.7 Å². The van der Waals surface area contributed by atoms with Crippen molar-refractivity contribution in [3.05, 3.63) is 0 Å². The minimum Gasteiger partial charge on any atom is -0.396 e. The molecule has 1 rings (SSSR count). The van der Waals surface area contributed by atoms with Gasteiger partial charge in [-0.05, 0) is 50.9 Å². The number of aliphatic hydroxyl groups excluding tert-OH is 1. The summed E-state index contributed by atoms with van der Waals surface area (Å²) < 4.78 is 5.40. The fourth-order valence-electron chi connectivity index (χ4n) is 1.88. The Balaban J connectivity index is 2.41. The summed E-state index contributed by atoms with van der Waals surface area (Å²) in [6, 6.07) is 0. The molecule has 0 bridgehead atoms. The van der Waals surface area contributed by atoms with Gasteiger partial charge in [-0.3, -0.25) is 0 Å². The van der Waals surface area contributed by atoms with Crippen LogP contribution in [0.2, 0.25) is 0 Å². The lowest BCUT2D eigenvalue weighted by Gasteiger charge is -2.32. The van der Waals surface area contributed by atoms with Crippen molar-refractivity contribution in [3.8, 4) is 0 Å². The summed E-state index contributed by atoms with van der Waals surface area (Å²) in [6.45, 7) is 6.74. The molecule has 84 valence electrons. The van der Waals surface area contributed by atoms with E-state index in [1.165, 1.54) is 12.8 Å². The molecule has 0 saturated heterocycles. The van der Waals surface area contributed by atoms with Gasteiger partial charge in [-0.2, -0.15) is 0 Å². The van der Waals surface area contributed by atoms with E-state index in [1.54, 1.807) is 7.11 Å². The summed E-state index contributed by atoms with van der Waals surface area (Å²) in [4.78, 5) is 0.